The molecule has 1 aromatic rings. The molecule has 1 heterocycles. The lowest BCUT2D eigenvalue weighted by atomic mass is 10.1. The van der Waals surface area contributed by atoms with E-state index >= 15 is 0 Å². The van der Waals surface area contributed by atoms with Crippen molar-refractivity contribution < 1.29 is 9.59 Å². The summed E-state index contributed by atoms with van der Waals surface area (Å²) < 4.78 is 0. The Morgan fingerprint density at radius 1 is 1.45 bits per heavy atom. The highest BCUT2D eigenvalue weighted by molar-refractivity contribution is 8.13. The Balaban J connectivity index is 2.20. The molecule has 5 heteroatoms. The van der Waals surface area contributed by atoms with Gasteiger partial charge in [-0.25, -0.2) is 0 Å². The molecule has 0 saturated carbocycles. The lowest BCUT2D eigenvalue weighted by molar-refractivity contribution is -0.117. The summed E-state index contributed by atoms with van der Waals surface area (Å²) in [4.78, 5) is 25.0. The van der Waals surface area contributed by atoms with E-state index in [2.05, 4.69) is 0 Å². The summed E-state index contributed by atoms with van der Waals surface area (Å²) in [7, 11) is 0. The summed E-state index contributed by atoms with van der Waals surface area (Å²) >= 11 is 1.29. The SMILES string of the molecule is CC(=O)SCC1CC(=O)N(c2c(N)ccc(C)c2C)C1. The summed E-state index contributed by atoms with van der Waals surface area (Å²) in [5, 5.41) is 0.0992. The van der Waals surface area contributed by atoms with Crippen molar-refractivity contribution in [2.75, 3.05) is 22.9 Å². The minimum Gasteiger partial charge on any atom is -0.397 e. The van der Waals surface area contributed by atoms with Gasteiger partial charge in [-0.1, -0.05) is 17.8 Å². The van der Waals surface area contributed by atoms with Crippen molar-refractivity contribution in [3.63, 3.8) is 0 Å². The number of benzene rings is 1. The average Bonchev–Trinajstić information content (AvgIpc) is 2.74. The van der Waals surface area contributed by atoms with E-state index < -0.39 is 0 Å². The van der Waals surface area contributed by atoms with Crippen LogP contribution >= 0.6 is 11.8 Å². The Kier molecular flexibility index (Phi) is 4.38. The lowest BCUT2D eigenvalue weighted by Crippen LogP contribution is -2.26. The van der Waals surface area contributed by atoms with Crippen LogP contribution in [0.5, 0.6) is 0 Å². The fraction of sp³-hybridized carbons (Fsp3) is 0.467. The van der Waals surface area contributed by atoms with E-state index in [1.807, 2.05) is 26.0 Å². The standard InChI is InChI=1S/C15H20N2O2S/c1-9-4-5-13(16)15(10(9)2)17-7-12(6-14(17)19)8-20-11(3)18/h4-5,12H,6-8,16H2,1-3H3. The van der Waals surface area contributed by atoms with Gasteiger partial charge < -0.3 is 10.6 Å². The number of carbonyl (C=O) groups is 2. The first kappa shape index (κ1) is 14.9. The van der Waals surface area contributed by atoms with Crippen molar-refractivity contribution in [2.24, 2.45) is 5.92 Å². The highest BCUT2D eigenvalue weighted by atomic mass is 32.2. The largest absolute Gasteiger partial charge is 0.397 e. The van der Waals surface area contributed by atoms with E-state index in [0.29, 0.717) is 24.4 Å². The molecule has 1 saturated heterocycles. The highest BCUT2D eigenvalue weighted by Crippen LogP contribution is 2.35. The third-order valence-corrected chi connectivity index (χ3v) is 4.77. The van der Waals surface area contributed by atoms with Gasteiger partial charge >= 0.3 is 0 Å². The zero-order valence-corrected chi connectivity index (χ0v) is 12.9. The Hall–Kier alpha value is -1.49. The maximum atomic E-state index is 12.2. The van der Waals surface area contributed by atoms with Crippen LogP contribution in [0.3, 0.4) is 0 Å². The average molecular weight is 292 g/mol. The van der Waals surface area contributed by atoms with Crippen LogP contribution in [0.1, 0.15) is 24.5 Å². The van der Waals surface area contributed by atoms with Gasteiger partial charge in [-0.2, -0.15) is 0 Å². The maximum Gasteiger partial charge on any atom is 0.227 e. The smallest absolute Gasteiger partial charge is 0.227 e. The van der Waals surface area contributed by atoms with Crippen LogP contribution < -0.4 is 10.6 Å². The Morgan fingerprint density at radius 3 is 2.80 bits per heavy atom. The molecule has 1 aliphatic rings. The van der Waals surface area contributed by atoms with Gasteiger partial charge in [0.2, 0.25) is 5.91 Å². The van der Waals surface area contributed by atoms with Crippen LogP contribution in [-0.2, 0) is 9.59 Å². The van der Waals surface area contributed by atoms with E-state index in [9.17, 15) is 9.59 Å². The van der Waals surface area contributed by atoms with Crippen LogP contribution in [0.4, 0.5) is 11.4 Å². The number of aryl methyl sites for hydroxylation is 1. The van der Waals surface area contributed by atoms with Crippen molar-refractivity contribution in [3.05, 3.63) is 23.3 Å². The number of nitrogen functional groups attached to an aromatic ring is 1. The molecule has 0 bridgehead atoms. The van der Waals surface area contributed by atoms with E-state index in [0.717, 1.165) is 16.8 Å². The van der Waals surface area contributed by atoms with E-state index in [-0.39, 0.29) is 16.9 Å². The molecule has 1 fully saturated rings. The summed E-state index contributed by atoms with van der Waals surface area (Å²) in [6.45, 7) is 6.21. The molecule has 2 N–H and O–H groups in total. The number of hydrogen-bond donors (Lipinski definition) is 1. The van der Waals surface area contributed by atoms with Gasteiger partial charge in [0.1, 0.15) is 0 Å². The van der Waals surface area contributed by atoms with Crippen molar-refractivity contribution >= 4 is 34.2 Å². The van der Waals surface area contributed by atoms with Gasteiger partial charge in [-0.05, 0) is 37.0 Å². The molecule has 0 spiro atoms. The summed E-state index contributed by atoms with van der Waals surface area (Å²) in [5.41, 5.74) is 9.71. The maximum absolute atomic E-state index is 12.2. The second-order valence-electron chi connectivity index (χ2n) is 5.32. The second-order valence-corrected chi connectivity index (χ2v) is 6.52. The van der Waals surface area contributed by atoms with Gasteiger partial charge in [0.15, 0.2) is 5.12 Å². The minimum absolute atomic E-state index is 0.0968. The predicted octanol–water partition coefficient (Wildman–Crippen LogP) is 2.52. The van der Waals surface area contributed by atoms with Crippen LogP contribution in [0, 0.1) is 19.8 Å². The molecule has 4 nitrogen and oxygen atoms in total. The quantitative estimate of drug-likeness (QED) is 0.870. The number of nitrogens with zero attached hydrogens (tertiary/aromatic N) is 1. The molecule has 108 valence electrons. The summed E-state index contributed by atoms with van der Waals surface area (Å²) in [6, 6.07) is 3.82. The number of anilines is 2. The fourth-order valence-electron chi connectivity index (χ4n) is 2.52. The summed E-state index contributed by atoms with van der Waals surface area (Å²) in [6.07, 6.45) is 0.493. The molecule has 1 unspecified atom stereocenters. The van der Waals surface area contributed by atoms with Gasteiger partial charge in [0.05, 0.1) is 11.4 Å². The van der Waals surface area contributed by atoms with Crippen LogP contribution in [0.25, 0.3) is 0 Å². The van der Waals surface area contributed by atoms with Crippen molar-refractivity contribution in [1.29, 1.82) is 0 Å². The van der Waals surface area contributed by atoms with Gasteiger partial charge in [-0.3, -0.25) is 9.59 Å². The number of nitrogens with two attached hydrogens (primary N) is 1. The zero-order chi connectivity index (χ0) is 14.9. The number of amides is 1. The van der Waals surface area contributed by atoms with Gasteiger partial charge in [0.25, 0.3) is 0 Å². The molecule has 1 aromatic carbocycles. The van der Waals surface area contributed by atoms with Crippen molar-refractivity contribution in [2.45, 2.75) is 27.2 Å². The first-order valence-electron chi connectivity index (χ1n) is 6.69. The highest BCUT2D eigenvalue weighted by Gasteiger charge is 2.32. The second kappa shape index (κ2) is 5.87. The first-order valence-corrected chi connectivity index (χ1v) is 7.68. The molecule has 20 heavy (non-hydrogen) atoms. The minimum atomic E-state index is 0.0968. The van der Waals surface area contributed by atoms with E-state index in [1.54, 1.807) is 11.8 Å². The Labute approximate surface area is 123 Å². The van der Waals surface area contributed by atoms with Crippen LogP contribution in [0.15, 0.2) is 12.1 Å². The molecule has 2 rings (SSSR count). The molecule has 1 amide bonds. The Bertz CT molecular complexity index is 557. The third-order valence-electron chi connectivity index (χ3n) is 3.73. The fourth-order valence-corrected chi connectivity index (χ4v) is 3.22. The third kappa shape index (κ3) is 2.98. The predicted molar refractivity (Wildman–Crippen MR) is 83.9 cm³/mol. The molecule has 0 aliphatic carbocycles. The molecular formula is C15H20N2O2S. The Morgan fingerprint density at radius 2 is 2.15 bits per heavy atom. The number of carbonyl (C=O) groups excluding carboxylic acids is 2. The number of thioether (sulfide) groups is 1. The van der Waals surface area contributed by atoms with Crippen LogP contribution in [0.2, 0.25) is 0 Å². The van der Waals surface area contributed by atoms with E-state index in [4.69, 9.17) is 5.73 Å². The molecular weight excluding hydrogens is 272 g/mol. The first-order chi connectivity index (χ1) is 9.40. The van der Waals surface area contributed by atoms with Crippen LogP contribution in [-0.4, -0.2) is 23.3 Å². The normalized spacial score (nSPS) is 18.6. The summed E-state index contributed by atoms with van der Waals surface area (Å²) in [5.74, 6) is 1.01. The van der Waals surface area contributed by atoms with Gasteiger partial charge in [-0.15, -0.1) is 0 Å². The molecule has 1 atom stereocenters. The molecule has 0 aromatic heterocycles. The molecule has 1 aliphatic heterocycles. The lowest BCUT2D eigenvalue weighted by Gasteiger charge is -2.22. The topological polar surface area (TPSA) is 63.4 Å². The molecule has 0 radical (unpaired) electrons. The van der Waals surface area contributed by atoms with Crippen molar-refractivity contribution in [3.8, 4) is 0 Å². The zero-order valence-electron chi connectivity index (χ0n) is 12.1. The number of hydrogen-bond acceptors (Lipinski definition) is 4. The van der Waals surface area contributed by atoms with E-state index in [1.165, 1.54) is 11.8 Å². The van der Waals surface area contributed by atoms with Gasteiger partial charge in [0, 0.05) is 25.6 Å². The number of rotatable bonds is 3. The van der Waals surface area contributed by atoms with Crippen molar-refractivity contribution in [1.82, 2.24) is 0 Å². The monoisotopic (exact) mass is 292 g/mol.